The molecule has 0 spiro atoms. The highest BCUT2D eigenvalue weighted by Gasteiger charge is 2.15. The highest BCUT2D eigenvalue weighted by Crippen LogP contribution is 2.10. The molecule has 11 nitrogen and oxygen atoms in total. The third kappa shape index (κ3) is 5.27. The summed E-state index contributed by atoms with van der Waals surface area (Å²) in [4.78, 5) is 35.1. The molecule has 1 aromatic carbocycles. The van der Waals surface area contributed by atoms with Gasteiger partial charge in [-0.25, -0.2) is 0 Å². The lowest BCUT2D eigenvalue weighted by atomic mass is 10.3. The molecule has 1 aromatic heterocycles. The van der Waals surface area contributed by atoms with Crippen LogP contribution in [-0.2, 0) is 14.4 Å². The smallest absolute Gasteiger partial charge is 0.322 e. The molecule has 3 N–H and O–H groups in total. The molecule has 1 heterocycles. The second-order valence-electron chi connectivity index (χ2n) is 5.02. The molecule has 0 saturated carbocycles. The fraction of sp³-hybridized carbons (Fsp3) is 0.286. The second-order valence-corrected chi connectivity index (χ2v) is 5.02. The first-order chi connectivity index (χ1) is 12.0. The lowest BCUT2D eigenvalue weighted by Crippen LogP contribution is -2.42. The van der Waals surface area contributed by atoms with Gasteiger partial charge in [-0.3, -0.25) is 14.4 Å². The lowest BCUT2D eigenvalue weighted by molar-refractivity contribution is -0.138. The Kier molecular flexibility index (Phi) is 5.98. The Morgan fingerprint density at radius 1 is 1.20 bits per heavy atom. The molecule has 132 valence electrons. The standard InChI is InChI=1S/C14H17N7O4/c1-20(9-11(22)15-8-13(24)25)12(23)7-16-14-17-18-19-21(14)10-5-3-2-4-6-10/h2-6H,7-9H2,1H3,(H,15,22)(H,24,25)(H,16,17,19). The molecule has 0 saturated heterocycles. The van der Waals surface area contributed by atoms with E-state index in [2.05, 4.69) is 26.2 Å². The SMILES string of the molecule is CN(CC(=O)NCC(=O)O)C(=O)CNc1nnnn1-c1ccccc1. The first-order valence-electron chi connectivity index (χ1n) is 7.27. The topological polar surface area (TPSA) is 142 Å². The minimum Gasteiger partial charge on any atom is -0.480 e. The van der Waals surface area contributed by atoms with Crippen LogP contribution in [0.15, 0.2) is 30.3 Å². The van der Waals surface area contributed by atoms with E-state index in [1.54, 1.807) is 0 Å². The number of para-hydroxylation sites is 1. The van der Waals surface area contributed by atoms with E-state index in [9.17, 15) is 14.4 Å². The zero-order valence-electron chi connectivity index (χ0n) is 13.4. The van der Waals surface area contributed by atoms with Gasteiger partial charge in [0.1, 0.15) is 6.54 Å². The van der Waals surface area contributed by atoms with Crippen molar-refractivity contribution in [3.05, 3.63) is 30.3 Å². The number of aromatic nitrogens is 4. The molecule has 0 fully saturated rings. The van der Waals surface area contributed by atoms with Crippen LogP contribution in [0.5, 0.6) is 0 Å². The lowest BCUT2D eigenvalue weighted by Gasteiger charge is -2.16. The summed E-state index contributed by atoms with van der Waals surface area (Å²) in [6, 6.07) is 9.13. The van der Waals surface area contributed by atoms with Crippen molar-refractivity contribution < 1.29 is 19.5 Å². The highest BCUT2D eigenvalue weighted by atomic mass is 16.4. The molecule has 0 aliphatic heterocycles. The van der Waals surface area contributed by atoms with Crippen LogP contribution in [0.3, 0.4) is 0 Å². The molecule has 11 heteroatoms. The van der Waals surface area contributed by atoms with Crippen LogP contribution in [0.4, 0.5) is 5.95 Å². The number of hydrogen-bond donors (Lipinski definition) is 3. The fourth-order valence-corrected chi connectivity index (χ4v) is 1.86. The maximum absolute atomic E-state index is 12.0. The predicted molar refractivity (Wildman–Crippen MR) is 85.9 cm³/mol. The molecule has 0 atom stereocenters. The van der Waals surface area contributed by atoms with Gasteiger partial charge in [0.25, 0.3) is 0 Å². The van der Waals surface area contributed by atoms with Crippen molar-refractivity contribution in [3.63, 3.8) is 0 Å². The number of carboxylic acid groups (broad SMARTS) is 1. The number of carbonyl (C=O) groups excluding carboxylic acids is 2. The van der Waals surface area contributed by atoms with Crippen molar-refractivity contribution in [2.75, 3.05) is 32.0 Å². The summed E-state index contributed by atoms with van der Waals surface area (Å²) < 4.78 is 1.44. The molecule has 2 amide bonds. The molecule has 2 aromatic rings. The first-order valence-corrected chi connectivity index (χ1v) is 7.27. The molecule has 0 unspecified atom stereocenters. The van der Waals surface area contributed by atoms with E-state index in [-0.39, 0.29) is 24.9 Å². The van der Waals surface area contributed by atoms with Crippen LogP contribution in [-0.4, -0.2) is 74.7 Å². The summed E-state index contributed by atoms with van der Waals surface area (Å²) in [6.45, 7) is -0.877. The zero-order chi connectivity index (χ0) is 18.2. The summed E-state index contributed by atoms with van der Waals surface area (Å²) >= 11 is 0. The van der Waals surface area contributed by atoms with Gasteiger partial charge in [0.05, 0.1) is 18.8 Å². The van der Waals surface area contributed by atoms with E-state index in [1.165, 1.54) is 16.6 Å². The average Bonchev–Trinajstić information content (AvgIpc) is 3.07. The highest BCUT2D eigenvalue weighted by molar-refractivity contribution is 5.87. The number of carboxylic acids is 1. The number of hydrogen-bond acceptors (Lipinski definition) is 7. The Morgan fingerprint density at radius 2 is 1.92 bits per heavy atom. The number of nitrogens with one attached hydrogen (secondary N) is 2. The number of carbonyl (C=O) groups is 3. The molecular weight excluding hydrogens is 330 g/mol. The van der Waals surface area contributed by atoms with Crippen molar-refractivity contribution in [1.82, 2.24) is 30.4 Å². The van der Waals surface area contributed by atoms with E-state index in [0.29, 0.717) is 0 Å². The average molecular weight is 347 g/mol. The molecular formula is C14H17N7O4. The Bertz CT molecular complexity index is 747. The van der Waals surface area contributed by atoms with Gasteiger partial charge in [-0.2, -0.15) is 4.68 Å². The Balaban J connectivity index is 1.87. The van der Waals surface area contributed by atoms with E-state index in [4.69, 9.17) is 5.11 Å². The number of likely N-dealkylation sites (N-methyl/N-ethyl adjacent to an activating group) is 1. The molecule has 2 rings (SSSR count). The van der Waals surface area contributed by atoms with Crippen LogP contribution in [0.2, 0.25) is 0 Å². The van der Waals surface area contributed by atoms with Gasteiger partial charge in [0.2, 0.25) is 17.8 Å². The Labute approximate surface area is 142 Å². The quantitative estimate of drug-likeness (QED) is 0.537. The van der Waals surface area contributed by atoms with Gasteiger partial charge in [0.15, 0.2) is 0 Å². The maximum Gasteiger partial charge on any atom is 0.322 e. The van der Waals surface area contributed by atoms with Crippen LogP contribution in [0, 0.1) is 0 Å². The number of nitrogens with zero attached hydrogens (tertiary/aromatic N) is 5. The van der Waals surface area contributed by atoms with Gasteiger partial charge in [-0.05, 0) is 22.6 Å². The minimum absolute atomic E-state index is 0.129. The van der Waals surface area contributed by atoms with Crippen LogP contribution in [0.1, 0.15) is 0 Å². The van der Waals surface area contributed by atoms with Crippen molar-refractivity contribution in [2.45, 2.75) is 0 Å². The Hall–Kier alpha value is -3.50. The summed E-state index contributed by atoms with van der Waals surface area (Å²) in [5.74, 6) is -1.82. The van der Waals surface area contributed by atoms with Gasteiger partial charge in [-0.15, -0.1) is 0 Å². The van der Waals surface area contributed by atoms with Gasteiger partial charge < -0.3 is 20.6 Å². The maximum atomic E-state index is 12.0. The van der Waals surface area contributed by atoms with Crippen molar-refractivity contribution >= 4 is 23.7 Å². The third-order valence-electron chi connectivity index (χ3n) is 3.11. The first kappa shape index (κ1) is 17.8. The molecule has 0 bridgehead atoms. The summed E-state index contributed by atoms with van der Waals surface area (Å²) in [6.07, 6.45) is 0. The van der Waals surface area contributed by atoms with Crippen LogP contribution >= 0.6 is 0 Å². The van der Waals surface area contributed by atoms with E-state index < -0.39 is 18.4 Å². The third-order valence-corrected chi connectivity index (χ3v) is 3.11. The van der Waals surface area contributed by atoms with Gasteiger partial charge >= 0.3 is 5.97 Å². The molecule has 0 radical (unpaired) electrons. The number of anilines is 1. The normalized spacial score (nSPS) is 10.1. The predicted octanol–water partition coefficient (Wildman–Crippen LogP) is -1.27. The second kappa shape index (κ2) is 8.38. The largest absolute Gasteiger partial charge is 0.480 e. The fourth-order valence-electron chi connectivity index (χ4n) is 1.86. The van der Waals surface area contributed by atoms with Crippen molar-refractivity contribution in [1.29, 1.82) is 0 Å². The van der Waals surface area contributed by atoms with Gasteiger partial charge in [0, 0.05) is 7.05 Å². The van der Waals surface area contributed by atoms with Gasteiger partial charge in [-0.1, -0.05) is 23.3 Å². The molecule has 25 heavy (non-hydrogen) atoms. The summed E-state index contributed by atoms with van der Waals surface area (Å²) in [5, 5.41) is 24.7. The summed E-state index contributed by atoms with van der Waals surface area (Å²) in [5.41, 5.74) is 0.726. The number of aliphatic carboxylic acids is 1. The monoisotopic (exact) mass is 347 g/mol. The van der Waals surface area contributed by atoms with E-state index in [0.717, 1.165) is 5.69 Å². The van der Waals surface area contributed by atoms with Crippen molar-refractivity contribution in [3.8, 4) is 5.69 Å². The number of benzene rings is 1. The number of amides is 2. The van der Waals surface area contributed by atoms with Crippen LogP contribution in [0.25, 0.3) is 5.69 Å². The van der Waals surface area contributed by atoms with Crippen LogP contribution < -0.4 is 10.6 Å². The summed E-state index contributed by atoms with van der Waals surface area (Å²) in [7, 11) is 1.44. The molecule has 0 aliphatic rings. The van der Waals surface area contributed by atoms with E-state index in [1.807, 2.05) is 30.3 Å². The number of rotatable bonds is 8. The number of tetrazole rings is 1. The minimum atomic E-state index is -1.16. The Morgan fingerprint density at radius 3 is 2.60 bits per heavy atom. The zero-order valence-corrected chi connectivity index (χ0v) is 13.4. The molecule has 0 aliphatic carbocycles. The van der Waals surface area contributed by atoms with Crippen molar-refractivity contribution in [2.24, 2.45) is 0 Å². The van der Waals surface area contributed by atoms with E-state index >= 15 is 0 Å².